The largest absolute Gasteiger partial charge is 0.483 e. The lowest BCUT2D eigenvalue weighted by Crippen LogP contribution is -2.73. The van der Waals surface area contributed by atoms with Crippen LogP contribution in [-0.4, -0.2) is 70.5 Å². The zero-order chi connectivity index (χ0) is 27.7. The van der Waals surface area contributed by atoms with Crippen LogP contribution in [0, 0.1) is 17.0 Å². The highest BCUT2D eigenvalue weighted by Crippen LogP contribution is 2.43. The van der Waals surface area contributed by atoms with Crippen molar-refractivity contribution < 1.29 is 21.9 Å². The zero-order valence-corrected chi connectivity index (χ0v) is 22.9. The van der Waals surface area contributed by atoms with Crippen molar-refractivity contribution in [2.45, 2.75) is 13.0 Å². The first kappa shape index (κ1) is 26.1. The second-order valence-corrected chi connectivity index (χ2v) is 12.7. The molecule has 0 radical (unpaired) electrons. The smallest absolute Gasteiger partial charge is 0.211 e. The lowest BCUT2D eigenvalue weighted by molar-refractivity contribution is 0.0390. The van der Waals surface area contributed by atoms with E-state index in [4.69, 9.17) is 27.9 Å². The molecule has 6 rings (SSSR count). The molecule has 4 aromatic rings. The lowest BCUT2D eigenvalue weighted by atomic mass is 9.74. The molecule has 10 nitrogen and oxygen atoms in total. The molecule has 1 spiro atoms. The normalized spacial score (nSPS) is 17.7. The standard InChI is InChI=1S/C24H21Cl2F2N7O3S/c1-12(20-15(25)7-30-33-22(20)26)38-19-4-14-18(5-16(19)27)31-32-21(14)13-3-17(28)23(29-6-13)34-8-24(9-34)10-35(11-24)39(2,36)37/h3-7,12H,8-11H2,1-2H3,(H,31,32). The maximum absolute atomic E-state index is 15.2. The average Bonchev–Trinajstić information content (AvgIpc) is 3.20. The summed E-state index contributed by atoms with van der Waals surface area (Å²) in [5, 5.41) is 15.2. The van der Waals surface area contributed by atoms with Gasteiger partial charge in [0.05, 0.1) is 28.6 Å². The van der Waals surface area contributed by atoms with Crippen LogP contribution in [0.15, 0.2) is 30.6 Å². The molecule has 2 saturated heterocycles. The molecule has 0 aliphatic carbocycles. The number of fused-ring (bicyclic) bond motifs is 1. The Bertz CT molecular complexity index is 1700. The van der Waals surface area contributed by atoms with Gasteiger partial charge in [0.15, 0.2) is 28.4 Å². The zero-order valence-electron chi connectivity index (χ0n) is 20.6. The third kappa shape index (κ3) is 4.56. The van der Waals surface area contributed by atoms with Crippen molar-refractivity contribution in [3.8, 4) is 17.0 Å². The molecule has 204 valence electrons. The summed E-state index contributed by atoms with van der Waals surface area (Å²) in [6, 6.07) is 4.02. The number of rotatable bonds is 6. The second-order valence-electron chi connectivity index (χ2n) is 9.97. The molecule has 1 unspecified atom stereocenters. The quantitative estimate of drug-likeness (QED) is 0.352. The number of nitrogens with one attached hydrogen (secondary N) is 1. The van der Waals surface area contributed by atoms with Crippen LogP contribution in [0.25, 0.3) is 22.2 Å². The number of aromatic nitrogens is 5. The first-order valence-electron chi connectivity index (χ1n) is 11.8. The van der Waals surface area contributed by atoms with E-state index < -0.39 is 27.8 Å². The van der Waals surface area contributed by atoms with Crippen LogP contribution in [0.3, 0.4) is 0 Å². The minimum Gasteiger partial charge on any atom is -0.483 e. The summed E-state index contributed by atoms with van der Waals surface area (Å²) in [6.45, 7) is 3.54. The van der Waals surface area contributed by atoms with Crippen LogP contribution in [-0.2, 0) is 10.0 Å². The lowest BCUT2D eigenvalue weighted by Gasteiger charge is -2.59. The van der Waals surface area contributed by atoms with E-state index in [1.165, 1.54) is 41.2 Å². The summed E-state index contributed by atoms with van der Waals surface area (Å²) in [6.07, 6.45) is 3.25. The van der Waals surface area contributed by atoms with Crippen molar-refractivity contribution in [3.63, 3.8) is 0 Å². The number of H-pyrrole nitrogens is 1. The van der Waals surface area contributed by atoms with Crippen LogP contribution in [0.1, 0.15) is 18.6 Å². The van der Waals surface area contributed by atoms with Gasteiger partial charge in [-0.25, -0.2) is 26.5 Å². The van der Waals surface area contributed by atoms with Crippen molar-refractivity contribution in [2.75, 3.05) is 37.3 Å². The molecular weight excluding hydrogens is 575 g/mol. The van der Waals surface area contributed by atoms with Crippen LogP contribution >= 0.6 is 23.2 Å². The van der Waals surface area contributed by atoms with Gasteiger partial charge < -0.3 is 9.64 Å². The van der Waals surface area contributed by atoms with E-state index in [1.54, 1.807) is 11.8 Å². The topological polar surface area (TPSA) is 117 Å². The molecular formula is C24H21Cl2F2N7O3S. The van der Waals surface area contributed by atoms with Gasteiger partial charge in [-0.2, -0.15) is 10.2 Å². The molecule has 15 heteroatoms. The van der Waals surface area contributed by atoms with Gasteiger partial charge in [0.2, 0.25) is 10.0 Å². The summed E-state index contributed by atoms with van der Waals surface area (Å²) >= 11 is 12.3. The van der Waals surface area contributed by atoms with Gasteiger partial charge in [0.25, 0.3) is 0 Å². The van der Waals surface area contributed by atoms with Crippen molar-refractivity contribution >= 4 is 49.9 Å². The Kier molecular flexibility index (Phi) is 6.17. The third-order valence-corrected chi connectivity index (χ3v) is 8.84. The molecule has 3 aromatic heterocycles. The van der Waals surface area contributed by atoms with E-state index in [0.717, 1.165) is 0 Å². The molecule has 1 atom stereocenters. The highest BCUT2D eigenvalue weighted by atomic mass is 35.5. The Morgan fingerprint density at radius 1 is 1.10 bits per heavy atom. The van der Waals surface area contributed by atoms with Crippen LogP contribution in [0.2, 0.25) is 10.2 Å². The number of nitrogens with zero attached hydrogens (tertiary/aromatic N) is 6. The van der Waals surface area contributed by atoms with Gasteiger partial charge in [-0.05, 0) is 19.1 Å². The maximum Gasteiger partial charge on any atom is 0.211 e. The Morgan fingerprint density at radius 2 is 1.85 bits per heavy atom. The van der Waals surface area contributed by atoms with Gasteiger partial charge in [-0.3, -0.25) is 5.10 Å². The number of benzene rings is 1. The molecule has 5 heterocycles. The Hall–Kier alpha value is -3.13. The molecule has 1 N–H and O–H groups in total. The van der Waals surface area contributed by atoms with Crippen molar-refractivity contribution in [3.05, 3.63) is 58.0 Å². The van der Waals surface area contributed by atoms with E-state index in [0.29, 0.717) is 53.9 Å². The average molecular weight is 596 g/mol. The van der Waals surface area contributed by atoms with Gasteiger partial charge in [-0.1, -0.05) is 23.2 Å². The van der Waals surface area contributed by atoms with E-state index in [1.807, 2.05) is 0 Å². The number of anilines is 1. The van der Waals surface area contributed by atoms with Crippen molar-refractivity contribution in [1.82, 2.24) is 29.7 Å². The number of hydrogen-bond acceptors (Lipinski definition) is 8. The molecule has 2 aliphatic rings. The second kappa shape index (κ2) is 9.22. The van der Waals surface area contributed by atoms with Crippen LogP contribution < -0.4 is 9.64 Å². The SMILES string of the molecule is CC(Oc1cc2c(-c3cnc(N4CC5(C4)CN(S(C)(=O)=O)C5)c(F)c3)n[nH]c2cc1F)c1c(Cl)cnnc1Cl. The van der Waals surface area contributed by atoms with E-state index in [-0.39, 0.29) is 27.2 Å². The molecule has 39 heavy (non-hydrogen) atoms. The number of hydrogen-bond donors (Lipinski definition) is 1. The summed E-state index contributed by atoms with van der Waals surface area (Å²) in [5.41, 5.74) is 1.34. The summed E-state index contributed by atoms with van der Waals surface area (Å²) in [5.74, 6) is -1.08. The highest BCUT2D eigenvalue weighted by Gasteiger charge is 2.55. The number of pyridine rings is 1. The summed E-state index contributed by atoms with van der Waals surface area (Å²) in [4.78, 5) is 6.11. The molecule has 1 aromatic carbocycles. The van der Waals surface area contributed by atoms with E-state index >= 15 is 4.39 Å². The van der Waals surface area contributed by atoms with Gasteiger partial charge in [0, 0.05) is 54.8 Å². The van der Waals surface area contributed by atoms with Gasteiger partial charge >= 0.3 is 0 Å². The van der Waals surface area contributed by atoms with Crippen LogP contribution in [0.5, 0.6) is 5.75 Å². The molecule has 2 aliphatic heterocycles. The minimum absolute atomic E-state index is 0.0419. The van der Waals surface area contributed by atoms with Crippen molar-refractivity contribution in [1.29, 1.82) is 0 Å². The van der Waals surface area contributed by atoms with Crippen LogP contribution in [0.4, 0.5) is 14.6 Å². The number of aromatic amines is 1. The van der Waals surface area contributed by atoms with E-state index in [2.05, 4.69) is 25.4 Å². The number of sulfonamides is 1. The highest BCUT2D eigenvalue weighted by molar-refractivity contribution is 7.88. The monoisotopic (exact) mass is 595 g/mol. The van der Waals surface area contributed by atoms with Gasteiger partial charge in [0.1, 0.15) is 11.8 Å². The Balaban J connectivity index is 1.23. The van der Waals surface area contributed by atoms with Crippen molar-refractivity contribution in [2.24, 2.45) is 5.41 Å². The Labute approximate surface area is 231 Å². The Morgan fingerprint density at radius 3 is 2.51 bits per heavy atom. The fourth-order valence-electron chi connectivity index (χ4n) is 5.13. The molecule has 0 bridgehead atoms. The summed E-state index contributed by atoms with van der Waals surface area (Å²) < 4.78 is 60.6. The fourth-order valence-corrected chi connectivity index (χ4v) is 6.79. The predicted octanol–water partition coefficient (Wildman–Crippen LogP) is 4.22. The number of halogens is 4. The number of ether oxygens (including phenoxy) is 1. The summed E-state index contributed by atoms with van der Waals surface area (Å²) in [7, 11) is -3.22. The van der Waals surface area contributed by atoms with E-state index in [9.17, 15) is 12.8 Å². The predicted molar refractivity (Wildman–Crippen MR) is 141 cm³/mol. The first-order valence-corrected chi connectivity index (χ1v) is 14.4. The van der Waals surface area contributed by atoms with Gasteiger partial charge in [-0.15, -0.1) is 5.10 Å². The molecule has 0 amide bonds. The third-order valence-electron chi connectivity index (χ3n) is 7.06. The first-order chi connectivity index (χ1) is 18.4. The minimum atomic E-state index is -3.22. The fraction of sp³-hybridized carbons (Fsp3) is 0.333. The molecule has 2 fully saturated rings. The molecule has 0 saturated carbocycles. The maximum atomic E-state index is 15.2.